The van der Waals surface area contributed by atoms with Crippen molar-refractivity contribution in [2.75, 3.05) is 25.1 Å². The topological polar surface area (TPSA) is 71.2 Å². The number of pyridine rings is 1. The van der Waals surface area contributed by atoms with Crippen LogP contribution in [0.2, 0.25) is 0 Å². The monoisotopic (exact) mass is 284 g/mol. The molecule has 5 heteroatoms. The van der Waals surface area contributed by atoms with E-state index in [9.17, 15) is 4.79 Å². The van der Waals surface area contributed by atoms with Gasteiger partial charge in [-0.25, -0.2) is 0 Å². The first-order valence-electron chi connectivity index (χ1n) is 6.74. The summed E-state index contributed by atoms with van der Waals surface area (Å²) < 4.78 is 0. The third-order valence-electron chi connectivity index (χ3n) is 3.27. The number of rotatable bonds is 4. The minimum absolute atomic E-state index is 0.0490. The normalized spacial score (nSPS) is 10.2. The van der Waals surface area contributed by atoms with E-state index in [0.29, 0.717) is 17.8 Å². The van der Waals surface area contributed by atoms with Crippen molar-refractivity contribution in [1.82, 2.24) is 9.88 Å². The van der Waals surface area contributed by atoms with Crippen molar-refractivity contribution in [1.29, 1.82) is 0 Å². The Morgan fingerprint density at radius 2 is 2.10 bits per heavy atom. The lowest BCUT2D eigenvalue weighted by Gasteiger charge is -2.14. The number of amides is 1. The van der Waals surface area contributed by atoms with Crippen LogP contribution in [0.3, 0.4) is 0 Å². The lowest BCUT2D eigenvalue weighted by Crippen LogP contribution is -2.21. The number of nitrogen functional groups attached to an aromatic ring is 1. The zero-order valence-corrected chi connectivity index (χ0v) is 12.6. The number of aryl methyl sites for hydroxylation is 1. The zero-order valence-electron chi connectivity index (χ0n) is 12.6. The third-order valence-corrected chi connectivity index (χ3v) is 3.27. The SMILES string of the molecule is Cc1cccnc1CNc1cc(C(=O)N(C)C)ccc1N. The molecule has 21 heavy (non-hydrogen) atoms. The van der Waals surface area contributed by atoms with Gasteiger partial charge >= 0.3 is 0 Å². The minimum atomic E-state index is -0.0490. The molecule has 0 bridgehead atoms. The zero-order chi connectivity index (χ0) is 15.4. The summed E-state index contributed by atoms with van der Waals surface area (Å²) in [6.45, 7) is 2.58. The van der Waals surface area contributed by atoms with Crippen molar-refractivity contribution < 1.29 is 4.79 Å². The van der Waals surface area contributed by atoms with Gasteiger partial charge in [-0.1, -0.05) is 6.07 Å². The lowest BCUT2D eigenvalue weighted by molar-refractivity contribution is 0.0827. The van der Waals surface area contributed by atoms with E-state index in [1.807, 2.05) is 19.1 Å². The van der Waals surface area contributed by atoms with Crippen molar-refractivity contribution in [3.63, 3.8) is 0 Å². The molecule has 2 rings (SSSR count). The van der Waals surface area contributed by atoms with Gasteiger partial charge in [0.15, 0.2) is 0 Å². The summed E-state index contributed by atoms with van der Waals surface area (Å²) in [6.07, 6.45) is 1.76. The molecule has 3 N–H and O–H groups in total. The first-order valence-corrected chi connectivity index (χ1v) is 6.74. The predicted octanol–water partition coefficient (Wildman–Crippen LogP) is 2.29. The molecule has 1 amide bonds. The average molecular weight is 284 g/mol. The Kier molecular flexibility index (Phi) is 4.42. The average Bonchev–Trinajstić information content (AvgIpc) is 2.47. The lowest BCUT2D eigenvalue weighted by atomic mass is 10.1. The summed E-state index contributed by atoms with van der Waals surface area (Å²) in [4.78, 5) is 17.9. The molecular weight excluding hydrogens is 264 g/mol. The molecule has 2 aromatic rings. The fourth-order valence-electron chi connectivity index (χ4n) is 1.98. The van der Waals surface area contributed by atoms with E-state index in [1.54, 1.807) is 38.5 Å². The molecule has 1 aromatic carbocycles. The van der Waals surface area contributed by atoms with Crippen molar-refractivity contribution >= 4 is 17.3 Å². The van der Waals surface area contributed by atoms with Crippen LogP contribution in [0.1, 0.15) is 21.6 Å². The smallest absolute Gasteiger partial charge is 0.253 e. The predicted molar refractivity (Wildman–Crippen MR) is 85.2 cm³/mol. The van der Waals surface area contributed by atoms with Gasteiger partial charge in [-0.3, -0.25) is 9.78 Å². The van der Waals surface area contributed by atoms with Gasteiger partial charge in [-0.15, -0.1) is 0 Å². The van der Waals surface area contributed by atoms with Crippen molar-refractivity contribution in [3.05, 3.63) is 53.3 Å². The van der Waals surface area contributed by atoms with E-state index in [-0.39, 0.29) is 5.91 Å². The molecule has 0 radical (unpaired) electrons. The largest absolute Gasteiger partial charge is 0.397 e. The minimum Gasteiger partial charge on any atom is -0.397 e. The van der Waals surface area contributed by atoms with Gasteiger partial charge in [0, 0.05) is 25.9 Å². The van der Waals surface area contributed by atoms with Gasteiger partial charge in [-0.05, 0) is 36.8 Å². The number of carbonyl (C=O) groups excluding carboxylic acids is 1. The fraction of sp³-hybridized carbons (Fsp3) is 0.250. The maximum Gasteiger partial charge on any atom is 0.253 e. The highest BCUT2D eigenvalue weighted by Gasteiger charge is 2.10. The van der Waals surface area contributed by atoms with E-state index < -0.39 is 0 Å². The van der Waals surface area contributed by atoms with Gasteiger partial charge in [0.2, 0.25) is 0 Å². The Hall–Kier alpha value is -2.56. The van der Waals surface area contributed by atoms with Crippen molar-refractivity contribution in [3.8, 4) is 0 Å². The maximum absolute atomic E-state index is 12.0. The Labute approximate surface area is 124 Å². The summed E-state index contributed by atoms with van der Waals surface area (Å²) in [5.74, 6) is -0.0490. The van der Waals surface area contributed by atoms with Crippen LogP contribution in [-0.4, -0.2) is 29.9 Å². The number of anilines is 2. The molecule has 0 unspecified atom stereocenters. The first kappa shape index (κ1) is 14.8. The van der Waals surface area contributed by atoms with Crippen LogP contribution >= 0.6 is 0 Å². The quantitative estimate of drug-likeness (QED) is 0.845. The van der Waals surface area contributed by atoms with Gasteiger partial charge in [-0.2, -0.15) is 0 Å². The second kappa shape index (κ2) is 6.26. The van der Waals surface area contributed by atoms with Crippen LogP contribution < -0.4 is 11.1 Å². The second-order valence-corrected chi connectivity index (χ2v) is 5.12. The highest BCUT2D eigenvalue weighted by atomic mass is 16.2. The Balaban J connectivity index is 2.18. The van der Waals surface area contributed by atoms with Crippen LogP contribution in [-0.2, 0) is 6.54 Å². The van der Waals surface area contributed by atoms with E-state index in [0.717, 1.165) is 16.9 Å². The highest BCUT2D eigenvalue weighted by molar-refractivity contribution is 5.95. The second-order valence-electron chi connectivity index (χ2n) is 5.12. The van der Waals surface area contributed by atoms with Gasteiger partial charge < -0.3 is 16.0 Å². The van der Waals surface area contributed by atoms with Crippen molar-refractivity contribution in [2.45, 2.75) is 13.5 Å². The third kappa shape index (κ3) is 3.51. The van der Waals surface area contributed by atoms with Crippen molar-refractivity contribution in [2.24, 2.45) is 0 Å². The molecule has 0 saturated carbocycles. The highest BCUT2D eigenvalue weighted by Crippen LogP contribution is 2.21. The summed E-state index contributed by atoms with van der Waals surface area (Å²) in [6, 6.07) is 9.16. The Morgan fingerprint density at radius 1 is 1.33 bits per heavy atom. The van der Waals surface area contributed by atoms with Gasteiger partial charge in [0.25, 0.3) is 5.91 Å². The molecule has 110 valence electrons. The van der Waals surface area contributed by atoms with E-state index in [1.165, 1.54) is 4.90 Å². The molecule has 0 aliphatic carbocycles. The summed E-state index contributed by atoms with van der Waals surface area (Å²) in [5.41, 5.74) is 9.99. The molecule has 5 nitrogen and oxygen atoms in total. The summed E-state index contributed by atoms with van der Waals surface area (Å²) in [7, 11) is 3.45. The number of nitrogens with zero attached hydrogens (tertiary/aromatic N) is 2. The standard InChI is InChI=1S/C16H20N4O/c1-11-5-4-8-18-15(11)10-19-14-9-12(6-7-13(14)17)16(21)20(2)3/h4-9,19H,10,17H2,1-3H3. The van der Waals surface area contributed by atoms with E-state index >= 15 is 0 Å². The fourth-order valence-corrected chi connectivity index (χ4v) is 1.98. The Morgan fingerprint density at radius 3 is 2.76 bits per heavy atom. The molecule has 1 heterocycles. The number of nitrogens with one attached hydrogen (secondary N) is 1. The number of aromatic nitrogens is 1. The molecule has 0 spiro atoms. The van der Waals surface area contributed by atoms with Crippen LogP contribution in [0.15, 0.2) is 36.5 Å². The number of benzene rings is 1. The molecule has 1 aromatic heterocycles. The summed E-state index contributed by atoms with van der Waals surface area (Å²) >= 11 is 0. The van der Waals surface area contributed by atoms with Crippen LogP contribution in [0.25, 0.3) is 0 Å². The number of hydrogen-bond acceptors (Lipinski definition) is 4. The van der Waals surface area contributed by atoms with Gasteiger partial charge in [0.1, 0.15) is 0 Å². The van der Waals surface area contributed by atoms with Crippen LogP contribution in [0.5, 0.6) is 0 Å². The van der Waals surface area contributed by atoms with Crippen LogP contribution in [0, 0.1) is 6.92 Å². The molecule has 0 saturated heterocycles. The molecular formula is C16H20N4O. The molecule has 0 aliphatic rings. The summed E-state index contributed by atoms with van der Waals surface area (Å²) in [5, 5.41) is 3.25. The molecule has 0 aliphatic heterocycles. The molecule has 0 fully saturated rings. The van der Waals surface area contributed by atoms with Crippen LogP contribution in [0.4, 0.5) is 11.4 Å². The number of carbonyl (C=O) groups is 1. The Bertz CT molecular complexity index is 652. The van der Waals surface area contributed by atoms with Gasteiger partial charge in [0.05, 0.1) is 23.6 Å². The number of nitrogens with two attached hydrogens (primary N) is 1. The maximum atomic E-state index is 12.0. The number of hydrogen-bond donors (Lipinski definition) is 2. The van der Waals surface area contributed by atoms with E-state index in [4.69, 9.17) is 5.73 Å². The molecule has 0 atom stereocenters. The van der Waals surface area contributed by atoms with E-state index in [2.05, 4.69) is 10.3 Å². The first-order chi connectivity index (χ1) is 9.99.